The molecule has 4 heteroatoms. The highest BCUT2D eigenvalue weighted by molar-refractivity contribution is 5.83. The molecule has 4 aliphatic carbocycles. The zero-order valence-electron chi connectivity index (χ0n) is 19.8. The topological polar surface area (TPSA) is 60.8 Å². The van der Waals surface area contributed by atoms with Crippen LogP contribution in [0.25, 0.3) is 0 Å². The molecule has 4 saturated carbocycles. The van der Waals surface area contributed by atoms with Gasteiger partial charge in [-0.1, -0.05) is 13.8 Å². The lowest BCUT2D eigenvalue weighted by Gasteiger charge is -2.59. The highest BCUT2D eigenvalue weighted by Gasteiger charge is 2.64. The van der Waals surface area contributed by atoms with E-state index in [1.54, 1.807) is 0 Å². The van der Waals surface area contributed by atoms with Gasteiger partial charge in [0.1, 0.15) is 5.78 Å². The van der Waals surface area contributed by atoms with Gasteiger partial charge in [0.15, 0.2) is 0 Å². The fraction of sp³-hybridized carbons (Fsp3) is 0.963. The van der Waals surface area contributed by atoms with Crippen molar-refractivity contribution in [3.05, 3.63) is 0 Å². The molecular weight excluding hydrogens is 386 g/mol. The minimum absolute atomic E-state index is 0.0789. The largest absolute Gasteiger partial charge is 0.393 e. The van der Waals surface area contributed by atoms with E-state index in [2.05, 4.69) is 25.7 Å². The number of rotatable bonds is 0. The van der Waals surface area contributed by atoms with Gasteiger partial charge in [0.05, 0.1) is 11.7 Å². The van der Waals surface area contributed by atoms with Gasteiger partial charge >= 0.3 is 0 Å². The Bertz CT molecular complexity index is 751. The third kappa shape index (κ3) is 2.93. The maximum atomic E-state index is 13.2. The van der Waals surface area contributed by atoms with Crippen molar-refractivity contribution in [3.63, 3.8) is 0 Å². The summed E-state index contributed by atoms with van der Waals surface area (Å²) in [7, 11) is 0. The van der Waals surface area contributed by atoms with Gasteiger partial charge in [-0.05, 0) is 105 Å². The molecule has 0 aromatic carbocycles. The molecule has 6 aliphatic rings. The summed E-state index contributed by atoms with van der Waals surface area (Å²) in [6.07, 6.45) is 9.08. The summed E-state index contributed by atoms with van der Waals surface area (Å²) in [6, 6.07) is 0.341. The van der Waals surface area contributed by atoms with Gasteiger partial charge in [0, 0.05) is 31.5 Å². The van der Waals surface area contributed by atoms with Crippen LogP contribution in [-0.4, -0.2) is 51.7 Å². The quantitative estimate of drug-likeness (QED) is 0.613. The van der Waals surface area contributed by atoms with Gasteiger partial charge in [-0.2, -0.15) is 0 Å². The number of carbonyl (C=O) groups excluding carboxylic acids is 1. The molecule has 0 bridgehead atoms. The van der Waals surface area contributed by atoms with E-state index in [0.717, 1.165) is 44.6 Å². The van der Waals surface area contributed by atoms with Gasteiger partial charge in [0.25, 0.3) is 0 Å². The molecule has 174 valence electrons. The zero-order valence-corrected chi connectivity index (χ0v) is 19.8. The molecule has 6 fully saturated rings. The molecule has 2 aliphatic heterocycles. The average Bonchev–Trinajstić information content (AvgIpc) is 3.09. The Hall–Kier alpha value is -0.450. The summed E-state index contributed by atoms with van der Waals surface area (Å²) in [5.74, 6) is 4.82. The van der Waals surface area contributed by atoms with E-state index in [1.807, 2.05) is 0 Å². The summed E-state index contributed by atoms with van der Waals surface area (Å²) in [6.45, 7) is 9.23. The Labute approximate surface area is 188 Å². The van der Waals surface area contributed by atoms with Crippen LogP contribution in [0.2, 0.25) is 0 Å². The number of carbonyl (C=O) groups is 1. The highest BCUT2D eigenvalue weighted by Crippen LogP contribution is 2.66. The standard InChI is InChI=1S/C27H43NO3/c1-15-4-7-25-27(3,31)21-6-5-17-18(20(21)14-28(25)13-15)11-22-19(17)12-24(30)23-10-16(29)8-9-26(22,23)2/h15-23,25,29,31H,4-14H2,1-3H3/t15-,16-,17+,18+,19?,20?,21?,22?,23+,25-,26+,27-/m0/s1. The number of hydrogen-bond donors (Lipinski definition) is 2. The van der Waals surface area contributed by atoms with Crippen LogP contribution in [-0.2, 0) is 4.79 Å². The van der Waals surface area contributed by atoms with Crippen LogP contribution >= 0.6 is 0 Å². The molecule has 2 heterocycles. The average molecular weight is 430 g/mol. The number of hydrogen-bond acceptors (Lipinski definition) is 4. The van der Waals surface area contributed by atoms with Crippen molar-refractivity contribution in [2.75, 3.05) is 13.1 Å². The van der Waals surface area contributed by atoms with Crippen molar-refractivity contribution in [3.8, 4) is 0 Å². The second kappa shape index (κ2) is 7.03. The number of nitrogens with zero attached hydrogens (tertiary/aromatic N) is 1. The summed E-state index contributed by atoms with van der Waals surface area (Å²) < 4.78 is 0. The minimum Gasteiger partial charge on any atom is -0.393 e. The number of aliphatic hydroxyl groups is 2. The second-order valence-electron chi connectivity index (χ2n) is 13.2. The van der Waals surface area contributed by atoms with Crippen LogP contribution in [0.1, 0.15) is 78.6 Å². The molecule has 0 radical (unpaired) electrons. The first-order valence-electron chi connectivity index (χ1n) is 13.4. The van der Waals surface area contributed by atoms with E-state index in [0.29, 0.717) is 53.8 Å². The van der Waals surface area contributed by atoms with Crippen LogP contribution in [0, 0.1) is 52.8 Å². The van der Waals surface area contributed by atoms with Crippen molar-refractivity contribution < 1.29 is 15.0 Å². The molecule has 2 saturated heterocycles. The van der Waals surface area contributed by atoms with Crippen molar-refractivity contribution in [2.24, 2.45) is 52.8 Å². The summed E-state index contributed by atoms with van der Waals surface area (Å²) >= 11 is 0. The van der Waals surface area contributed by atoms with Crippen LogP contribution in [0.4, 0.5) is 0 Å². The SMILES string of the molecule is C[C@H]1CC[C@@H]2N(CC3C(CC[C@H]4C5CC(=O)[C@H]6C[C@@H](O)CC[C@]6(C)C5C[C@@H]34)[C@]2(C)O)C1. The number of piperidine rings is 2. The monoisotopic (exact) mass is 429 g/mol. The maximum absolute atomic E-state index is 13.2. The first kappa shape index (κ1) is 21.1. The van der Waals surface area contributed by atoms with Crippen LogP contribution in [0.5, 0.6) is 0 Å². The van der Waals surface area contributed by atoms with Gasteiger partial charge < -0.3 is 10.2 Å². The van der Waals surface area contributed by atoms with E-state index in [-0.39, 0.29) is 17.4 Å². The van der Waals surface area contributed by atoms with Crippen LogP contribution in [0.3, 0.4) is 0 Å². The molecule has 0 spiro atoms. The van der Waals surface area contributed by atoms with Gasteiger partial charge in [-0.3, -0.25) is 9.69 Å². The summed E-state index contributed by atoms with van der Waals surface area (Å²) in [4.78, 5) is 15.9. The predicted molar refractivity (Wildman–Crippen MR) is 120 cm³/mol. The number of ketones is 1. The van der Waals surface area contributed by atoms with Crippen molar-refractivity contribution in [2.45, 2.75) is 96.3 Å². The third-order valence-electron chi connectivity index (χ3n) is 11.8. The van der Waals surface area contributed by atoms with Crippen molar-refractivity contribution in [1.82, 2.24) is 4.90 Å². The lowest BCUT2D eigenvalue weighted by molar-refractivity contribution is -0.175. The molecule has 0 amide bonds. The molecule has 6 rings (SSSR count). The van der Waals surface area contributed by atoms with Crippen LogP contribution in [0.15, 0.2) is 0 Å². The first-order chi connectivity index (χ1) is 14.7. The maximum Gasteiger partial charge on any atom is 0.136 e. The number of aliphatic hydroxyl groups excluding tert-OH is 1. The fourth-order valence-electron chi connectivity index (χ4n) is 10.4. The van der Waals surface area contributed by atoms with Crippen LogP contribution < -0.4 is 0 Å². The second-order valence-corrected chi connectivity index (χ2v) is 13.2. The minimum atomic E-state index is -0.570. The van der Waals surface area contributed by atoms with E-state index >= 15 is 0 Å². The lowest BCUT2D eigenvalue weighted by atomic mass is 9.51. The lowest BCUT2D eigenvalue weighted by Crippen LogP contribution is -2.67. The van der Waals surface area contributed by atoms with Gasteiger partial charge in [-0.25, -0.2) is 0 Å². The number of Topliss-reactive ketones (excluding diaryl/α,β-unsaturated/α-hetero) is 1. The Morgan fingerprint density at radius 1 is 0.903 bits per heavy atom. The number of fused-ring (bicyclic) bond motifs is 8. The molecule has 0 aromatic heterocycles. The van der Waals surface area contributed by atoms with E-state index in [4.69, 9.17) is 0 Å². The van der Waals surface area contributed by atoms with Crippen molar-refractivity contribution in [1.29, 1.82) is 0 Å². The summed E-state index contributed by atoms with van der Waals surface area (Å²) in [5.41, 5.74) is -0.482. The summed E-state index contributed by atoms with van der Waals surface area (Å²) in [5, 5.41) is 22.1. The molecular formula is C27H43NO3. The fourth-order valence-corrected chi connectivity index (χ4v) is 10.4. The molecule has 12 atom stereocenters. The van der Waals surface area contributed by atoms with E-state index < -0.39 is 5.60 Å². The molecule has 2 N–H and O–H groups in total. The normalized spacial score (nSPS) is 59.2. The molecule has 4 unspecified atom stereocenters. The predicted octanol–water partition coefficient (Wildman–Crippen LogP) is 3.89. The Kier molecular flexibility index (Phi) is 4.78. The van der Waals surface area contributed by atoms with Crippen molar-refractivity contribution >= 4 is 5.78 Å². The smallest absolute Gasteiger partial charge is 0.136 e. The Morgan fingerprint density at radius 3 is 2.52 bits per heavy atom. The zero-order chi connectivity index (χ0) is 21.7. The molecule has 0 aromatic rings. The van der Waals surface area contributed by atoms with Gasteiger partial charge in [-0.15, -0.1) is 0 Å². The van der Waals surface area contributed by atoms with E-state index in [1.165, 1.54) is 25.8 Å². The first-order valence-corrected chi connectivity index (χ1v) is 13.4. The Morgan fingerprint density at radius 2 is 1.71 bits per heavy atom. The van der Waals surface area contributed by atoms with Gasteiger partial charge in [0.2, 0.25) is 0 Å². The third-order valence-corrected chi connectivity index (χ3v) is 11.8. The molecule has 4 nitrogen and oxygen atoms in total. The Balaban J connectivity index is 1.31. The molecule has 31 heavy (non-hydrogen) atoms. The highest BCUT2D eigenvalue weighted by atomic mass is 16.3. The van der Waals surface area contributed by atoms with E-state index in [9.17, 15) is 15.0 Å².